The van der Waals surface area contributed by atoms with Crippen LogP contribution in [-0.2, 0) is 6.42 Å². The van der Waals surface area contributed by atoms with Crippen LogP contribution in [-0.4, -0.2) is 11.5 Å². The van der Waals surface area contributed by atoms with Gasteiger partial charge in [-0.15, -0.1) is 11.3 Å². The van der Waals surface area contributed by atoms with Crippen molar-refractivity contribution in [2.45, 2.75) is 38.1 Å². The van der Waals surface area contributed by atoms with Crippen LogP contribution in [0.15, 0.2) is 42.0 Å². The van der Waals surface area contributed by atoms with Crippen LogP contribution in [0.3, 0.4) is 0 Å². The number of pyridine rings is 1. The minimum atomic E-state index is 0.550. The molecular formula is C17H22N2S. The zero-order valence-corrected chi connectivity index (χ0v) is 12.6. The van der Waals surface area contributed by atoms with E-state index in [9.17, 15) is 0 Å². The van der Waals surface area contributed by atoms with Crippen molar-refractivity contribution in [1.29, 1.82) is 0 Å². The summed E-state index contributed by atoms with van der Waals surface area (Å²) in [4.78, 5) is 5.69. The molecule has 20 heavy (non-hydrogen) atoms. The molecule has 2 aromatic heterocycles. The smallest absolute Gasteiger partial charge is 0.0443 e. The summed E-state index contributed by atoms with van der Waals surface area (Å²) in [6.45, 7) is 1.03. The first-order valence-corrected chi connectivity index (χ1v) is 8.47. The van der Waals surface area contributed by atoms with Crippen molar-refractivity contribution >= 4 is 11.3 Å². The summed E-state index contributed by atoms with van der Waals surface area (Å²) in [7, 11) is 0. The van der Waals surface area contributed by atoms with Gasteiger partial charge < -0.3 is 5.32 Å². The summed E-state index contributed by atoms with van der Waals surface area (Å²) in [6, 6.07) is 9.18. The van der Waals surface area contributed by atoms with Gasteiger partial charge in [0.1, 0.15) is 0 Å². The van der Waals surface area contributed by atoms with Gasteiger partial charge in [-0.3, -0.25) is 4.98 Å². The molecule has 1 fully saturated rings. The topological polar surface area (TPSA) is 24.9 Å². The lowest BCUT2D eigenvalue weighted by Crippen LogP contribution is -2.28. The van der Waals surface area contributed by atoms with Crippen LogP contribution in [0.5, 0.6) is 0 Å². The van der Waals surface area contributed by atoms with Gasteiger partial charge in [0.2, 0.25) is 0 Å². The lowest BCUT2D eigenvalue weighted by Gasteiger charge is -2.24. The van der Waals surface area contributed by atoms with Crippen molar-refractivity contribution in [2.75, 3.05) is 6.54 Å². The summed E-state index contributed by atoms with van der Waals surface area (Å²) >= 11 is 1.89. The largest absolute Gasteiger partial charge is 0.309 e. The van der Waals surface area contributed by atoms with E-state index in [-0.39, 0.29) is 0 Å². The molecular weight excluding hydrogens is 264 g/mol. The molecule has 0 aromatic carbocycles. The highest BCUT2D eigenvalue weighted by molar-refractivity contribution is 7.10. The number of thiophene rings is 1. The van der Waals surface area contributed by atoms with Crippen LogP contribution in [0, 0.1) is 5.92 Å². The van der Waals surface area contributed by atoms with E-state index in [1.807, 2.05) is 29.8 Å². The van der Waals surface area contributed by atoms with E-state index in [1.54, 1.807) is 0 Å². The monoisotopic (exact) mass is 286 g/mol. The van der Waals surface area contributed by atoms with Crippen LogP contribution < -0.4 is 5.32 Å². The second-order valence-electron chi connectivity index (χ2n) is 5.60. The molecule has 2 aromatic rings. The van der Waals surface area contributed by atoms with Crippen LogP contribution in [0.4, 0.5) is 0 Å². The maximum atomic E-state index is 4.18. The van der Waals surface area contributed by atoms with Gasteiger partial charge in [-0.2, -0.15) is 0 Å². The molecule has 0 spiro atoms. The Morgan fingerprint density at radius 1 is 1.25 bits per heavy atom. The van der Waals surface area contributed by atoms with E-state index in [1.165, 1.54) is 36.1 Å². The zero-order chi connectivity index (χ0) is 13.6. The van der Waals surface area contributed by atoms with Crippen molar-refractivity contribution < 1.29 is 0 Å². The van der Waals surface area contributed by atoms with Gasteiger partial charge in [-0.05, 0) is 54.8 Å². The summed E-state index contributed by atoms with van der Waals surface area (Å²) in [5.41, 5.74) is 1.32. The lowest BCUT2D eigenvalue weighted by atomic mass is 9.96. The molecule has 2 nitrogen and oxygen atoms in total. The Hall–Kier alpha value is -1.19. The third-order valence-corrected chi connectivity index (χ3v) is 5.18. The van der Waals surface area contributed by atoms with E-state index >= 15 is 0 Å². The predicted molar refractivity (Wildman–Crippen MR) is 85.0 cm³/mol. The van der Waals surface area contributed by atoms with Gasteiger partial charge in [0, 0.05) is 23.3 Å². The lowest BCUT2D eigenvalue weighted by molar-refractivity contribution is 0.374. The SMILES string of the molecule is c1cncc(CCNC(c2cccs2)C2CCCC2)c1. The third kappa shape index (κ3) is 3.47. The van der Waals surface area contributed by atoms with Crippen molar-refractivity contribution in [2.24, 2.45) is 5.92 Å². The summed E-state index contributed by atoms with van der Waals surface area (Å²) < 4.78 is 0. The van der Waals surface area contributed by atoms with Gasteiger partial charge >= 0.3 is 0 Å². The molecule has 0 bridgehead atoms. The Labute approximate surface area is 125 Å². The van der Waals surface area contributed by atoms with Crippen LogP contribution in [0.1, 0.15) is 42.2 Å². The van der Waals surface area contributed by atoms with Crippen LogP contribution in [0.25, 0.3) is 0 Å². The minimum absolute atomic E-state index is 0.550. The van der Waals surface area contributed by atoms with E-state index in [2.05, 4.69) is 33.9 Å². The fourth-order valence-electron chi connectivity index (χ4n) is 3.18. The Morgan fingerprint density at radius 2 is 2.15 bits per heavy atom. The second kappa shape index (κ2) is 7.00. The zero-order valence-electron chi connectivity index (χ0n) is 11.8. The maximum Gasteiger partial charge on any atom is 0.0443 e. The average molecular weight is 286 g/mol. The van der Waals surface area contributed by atoms with Crippen molar-refractivity contribution in [1.82, 2.24) is 10.3 Å². The molecule has 2 heterocycles. The number of rotatable bonds is 6. The standard InChI is InChI=1S/C17H22N2S/c1-2-7-15(6-1)17(16-8-4-12-20-16)19-11-9-14-5-3-10-18-13-14/h3-5,8,10,12-13,15,17,19H,1-2,6-7,9,11H2. The highest BCUT2D eigenvalue weighted by atomic mass is 32.1. The molecule has 1 saturated carbocycles. The van der Waals surface area contributed by atoms with Crippen LogP contribution >= 0.6 is 11.3 Å². The molecule has 1 unspecified atom stereocenters. The Balaban J connectivity index is 1.59. The molecule has 3 heteroatoms. The van der Waals surface area contributed by atoms with Crippen LogP contribution in [0.2, 0.25) is 0 Å². The van der Waals surface area contributed by atoms with E-state index in [0.717, 1.165) is 18.9 Å². The first kappa shape index (κ1) is 13.8. The number of hydrogen-bond acceptors (Lipinski definition) is 3. The first-order valence-electron chi connectivity index (χ1n) is 7.59. The Morgan fingerprint density at radius 3 is 2.85 bits per heavy atom. The summed E-state index contributed by atoms with van der Waals surface area (Å²) in [6.07, 6.45) is 10.4. The third-order valence-electron chi connectivity index (χ3n) is 4.22. The normalized spacial score (nSPS) is 17.4. The molecule has 0 radical (unpaired) electrons. The average Bonchev–Trinajstić information content (AvgIpc) is 3.18. The highest BCUT2D eigenvalue weighted by Gasteiger charge is 2.26. The molecule has 0 saturated heterocycles. The number of hydrogen-bond donors (Lipinski definition) is 1. The number of nitrogens with one attached hydrogen (secondary N) is 1. The van der Waals surface area contributed by atoms with Gasteiger partial charge in [0.05, 0.1) is 0 Å². The van der Waals surface area contributed by atoms with Crippen molar-refractivity contribution in [3.05, 3.63) is 52.5 Å². The Kier molecular flexibility index (Phi) is 4.82. The van der Waals surface area contributed by atoms with Gasteiger partial charge in [0.25, 0.3) is 0 Å². The quantitative estimate of drug-likeness (QED) is 0.860. The molecule has 0 amide bonds. The molecule has 1 aliphatic carbocycles. The highest BCUT2D eigenvalue weighted by Crippen LogP contribution is 2.37. The van der Waals surface area contributed by atoms with E-state index in [4.69, 9.17) is 0 Å². The fourth-order valence-corrected chi connectivity index (χ4v) is 4.07. The summed E-state index contributed by atoms with van der Waals surface area (Å²) in [5, 5.41) is 5.99. The molecule has 1 aliphatic rings. The van der Waals surface area contributed by atoms with Gasteiger partial charge in [0.15, 0.2) is 0 Å². The molecule has 0 aliphatic heterocycles. The maximum absolute atomic E-state index is 4.18. The molecule has 1 N–H and O–H groups in total. The first-order chi connectivity index (χ1) is 9.93. The van der Waals surface area contributed by atoms with Gasteiger partial charge in [-0.25, -0.2) is 0 Å². The molecule has 106 valence electrons. The molecule has 3 rings (SSSR count). The number of aromatic nitrogens is 1. The second-order valence-corrected chi connectivity index (χ2v) is 6.58. The van der Waals surface area contributed by atoms with Crippen molar-refractivity contribution in [3.8, 4) is 0 Å². The summed E-state index contributed by atoms with van der Waals surface area (Å²) in [5.74, 6) is 0.822. The predicted octanol–water partition coefficient (Wildman–Crippen LogP) is 4.21. The fraction of sp³-hybridized carbons (Fsp3) is 0.471. The minimum Gasteiger partial charge on any atom is -0.309 e. The molecule has 1 atom stereocenters. The number of nitrogens with zero attached hydrogens (tertiary/aromatic N) is 1. The Bertz CT molecular complexity index is 489. The van der Waals surface area contributed by atoms with E-state index < -0.39 is 0 Å². The van der Waals surface area contributed by atoms with Gasteiger partial charge in [-0.1, -0.05) is 25.0 Å². The van der Waals surface area contributed by atoms with E-state index in [0.29, 0.717) is 6.04 Å². The van der Waals surface area contributed by atoms with Crippen molar-refractivity contribution in [3.63, 3.8) is 0 Å².